The molecule has 1 aliphatic heterocycles. The molecule has 0 atom stereocenters. The van der Waals surface area contributed by atoms with Gasteiger partial charge in [-0.15, -0.1) is 0 Å². The maximum Gasteiger partial charge on any atom is 0.258 e. The van der Waals surface area contributed by atoms with Crippen molar-refractivity contribution in [2.24, 2.45) is 0 Å². The molecule has 0 spiro atoms. The highest BCUT2D eigenvalue weighted by Gasteiger charge is 2.17. The quantitative estimate of drug-likeness (QED) is 0.660. The number of ether oxygens (including phenoxy) is 1. The molecule has 0 saturated carbocycles. The van der Waals surface area contributed by atoms with Gasteiger partial charge in [-0.05, 0) is 68.1 Å². The van der Waals surface area contributed by atoms with E-state index in [4.69, 9.17) is 9.26 Å². The minimum Gasteiger partial charge on any atom is -0.496 e. The third kappa shape index (κ3) is 3.52. The first-order valence-electron chi connectivity index (χ1n) is 9.19. The number of anilines is 1. The van der Waals surface area contributed by atoms with Crippen molar-refractivity contribution < 1.29 is 13.7 Å². The molecule has 6 heteroatoms. The molecular formula is C21H22FN3O2. The molecule has 2 aromatic carbocycles. The van der Waals surface area contributed by atoms with Crippen molar-refractivity contribution >= 4 is 5.69 Å². The third-order valence-electron chi connectivity index (χ3n) is 4.97. The number of piperidine rings is 1. The number of halogens is 1. The maximum absolute atomic E-state index is 13.6. The summed E-state index contributed by atoms with van der Waals surface area (Å²) in [5.74, 6) is 0.836. The number of methoxy groups -OCH3 is 1. The molecule has 4 rings (SSSR count). The van der Waals surface area contributed by atoms with Gasteiger partial charge in [0.05, 0.1) is 12.7 Å². The first-order chi connectivity index (χ1) is 13.2. The van der Waals surface area contributed by atoms with E-state index in [-0.39, 0.29) is 5.82 Å². The first kappa shape index (κ1) is 17.5. The van der Waals surface area contributed by atoms with E-state index >= 15 is 0 Å². The molecule has 0 bridgehead atoms. The van der Waals surface area contributed by atoms with Crippen molar-refractivity contribution in [2.75, 3.05) is 25.1 Å². The Morgan fingerprint density at radius 3 is 2.63 bits per heavy atom. The van der Waals surface area contributed by atoms with Gasteiger partial charge in [-0.3, -0.25) is 0 Å². The first-order valence-corrected chi connectivity index (χ1v) is 9.19. The van der Waals surface area contributed by atoms with Gasteiger partial charge in [0.15, 0.2) is 0 Å². The monoisotopic (exact) mass is 367 g/mol. The summed E-state index contributed by atoms with van der Waals surface area (Å²) in [7, 11) is 1.53. The minimum absolute atomic E-state index is 0.305. The van der Waals surface area contributed by atoms with E-state index in [1.165, 1.54) is 49.8 Å². The normalized spacial score (nSPS) is 14.4. The number of hydrogen-bond acceptors (Lipinski definition) is 5. The molecule has 1 aliphatic rings. The van der Waals surface area contributed by atoms with Gasteiger partial charge in [-0.25, -0.2) is 4.39 Å². The summed E-state index contributed by atoms with van der Waals surface area (Å²) in [6, 6.07) is 10.4. The average Bonchev–Trinajstić information content (AvgIpc) is 3.18. The van der Waals surface area contributed by atoms with Crippen LogP contribution < -0.4 is 9.64 Å². The van der Waals surface area contributed by atoms with Crippen LogP contribution in [0.25, 0.3) is 22.8 Å². The second-order valence-electron chi connectivity index (χ2n) is 6.82. The fourth-order valence-electron chi connectivity index (χ4n) is 3.58. The van der Waals surface area contributed by atoms with Crippen LogP contribution in [0, 0.1) is 12.7 Å². The predicted molar refractivity (Wildman–Crippen MR) is 102 cm³/mol. The Balaban J connectivity index is 1.64. The molecule has 5 nitrogen and oxygen atoms in total. The Bertz CT molecular complexity index is 948. The number of nitrogens with zero attached hydrogens (tertiary/aromatic N) is 3. The Hall–Kier alpha value is -2.89. The van der Waals surface area contributed by atoms with E-state index in [9.17, 15) is 4.39 Å². The lowest BCUT2D eigenvalue weighted by atomic mass is 10.1. The molecule has 2 heterocycles. The van der Waals surface area contributed by atoms with E-state index in [1.807, 2.05) is 6.07 Å². The Morgan fingerprint density at radius 1 is 1.07 bits per heavy atom. The van der Waals surface area contributed by atoms with E-state index in [0.717, 1.165) is 18.7 Å². The second kappa shape index (κ2) is 7.39. The summed E-state index contributed by atoms with van der Waals surface area (Å²) in [5.41, 5.74) is 3.75. The SMILES string of the molecule is COc1ccc(F)cc1-c1noc(-c2ccc(N3CCCCC3)c(C)c2)n1. The zero-order valence-corrected chi connectivity index (χ0v) is 15.5. The van der Waals surface area contributed by atoms with Crippen molar-refractivity contribution in [1.29, 1.82) is 0 Å². The van der Waals surface area contributed by atoms with Gasteiger partial charge in [0, 0.05) is 24.3 Å². The van der Waals surface area contributed by atoms with Crippen molar-refractivity contribution in [3.63, 3.8) is 0 Å². The molecule has 0 radical (unpaired) electrons. The number of aryl methyl sites for hydroxylation is 1. The van der Waals surface area contributed by atoms with Crippen molar-refractivity contribution in [3.05, 3.63) is 47.8 Å². The minimum atomic E-state index is -0.376. The van der Waals surface area contributed by atoms with Crippen LogP contribution in [0.3, 0.4) is 0 Å². The van der Waals surface area contributed by atoms with Gasteiger partial charge in [-0.2, -0.15) is 4.98 Å². The Morgan fingerprint density at radius 2 is 1.89 bits per heavy atom. The largest absolute Gasteiger partial charge is 0.496 e. The van der Waals surface area contributed by atoms with Gasteiger partial charge in [0.25, 0.3) is 5.89 Å². The molecule has 27 heavy (non-hydrogen) atoms. The summed E-state index contributed by atoms with van der Waals surface area (Å²) in [6.07, 6.45) is 3.79. The number of hydrogen-bond donors (Lipinski definition) is 0. The van der Waals surface area contributed by atoms with E-state index in [0.29, 0.717) is 23.0 Å². The molecule has 0 N–H and O–H groups in total. The van der Waals surface area contributed by atoms with E-state index in [2.05, 4.69) is 34.1 Å². The van der Waals surface area contributed by atoms with Crippen LogP contribution in [0.1, 0.15) is 24.8 Å². The summed E-state index contributed by atoms with van der Waals surface area (Å²) < 4.78 is 24.3. The topological polar surface area (TPSA) is 51.4 Å². The van der Waals surface area contributed by atoms with Crippen LogP contribution >= 0.6 is 0 Å². The Labute approximate surface area is 157 Å². The lowest BCUT2D eigenvalue weighted by Crippen LogP contribution is -2.29. The highest BCUT2D eigenvalue weighted by atomic mass is 19.1. The van der Waals surface area contributed by atoms with Gasteiger partial charge in [-0.1, -0.05) is 5.16 Å². The van der Waals surface area contributed by atoms with Crippen LogP contribution in [-0.2, 0) is 0 Å². The summed E-state index contributed by atoms with van der Waals surface area (Å²) in [6.45, 7) is 4.30. The van der Waals surface area contributed by atoms with Crippen LogP contribution in [0.15, 0.2) is 40.9 Å². The molecule has 1 fully saturated rings. The molecular weight excluding hydrogens is 345 g/mol. The summed E-state index contributed by atoms with van der Waals surface area (Å²) >= 11 is 0. The lowest BCUT2D eigenvalue weighted by Gasteiger charge is -2.30. The Kier molecular flexibility index (Phi) is 4.79. The number of benzene rings is 2. The van der Waals surface area contributed by atoms with Gasteiger partial charge in [0.2, 0.25) is 5.82 Å². The van der Waals surface area contributed by atoms with Gasteiger partial charge < -0.3 is 14.2 Å². The standard InChI is InChI=1S/C21H22FN3O2/c1-14-12-15(6-8-18(14)25-10-4-3-5-11-25)21-23-20(24-27-21)17-13-16(22)7-9-19(17)26-2/h6-9,12-13H,3-5,10-11H2,1-2H3. The van der Waals surface area contributed by atoms with Gasteiger partial charge in [0.1, 0.15) is 11.6 Å². The number of rotatable bonds is 4. The summed E-state index contributed by atoms with van der Waals surface area (Å²) in [5, 5.41) is 4.01. The molecule has 0 unspecified atom stereocenters. The molecule has 0 amide bonds. The van der Waals surface area contributed by atoms with Crippen LogP contribution in [0.2, 0.25) is 0 Å². The molecule has 1 saturated heterocycles. The number of aromatic nitrogens is 2. The van der Waals surface area contributed by atoms with Crippen LogP contribution in [-0.4, -0.2) is 30.3 Å². The fourth-order valence-corrected chi connectivity index (χ4v) is 3.58. The predicted octanol–water partition coefficient (Wildman–Crippen LogP) is 4.85. The van der Waals surface area contributed by atoms with Gasteiger partial charge >= 0.3 is 0 Å². The molecule has 0 aliphatic carbocycles. The van der Waals surface area contributed by atoms with E-state index < -0.39 is 0 Å². The van der Waals surface area contributed by atoms with E-state index in [1.54, 1.807) is 6.07 Å². The molecule has 3 aromatic rings. The lowest BCUT2D eigenvalue weighted by molar-refractivity contribution is 0.412. The summed E-state index contributed by atoms with van der Waals surface area (Å²) in [4.78, 5) is 6.88. The highest BCUT2D eigenvalue weighted by Crippen LogP contribution is 2.32. The zero-order valence-electron chi connectivity index (χ0n) is 15.5. The fraction of sp³-hybridized carbons (Fsp3) is 0.333. The average molecular weight is 367 g/mol. The zero-order chi connectivity index (χ0) is 18.8. The highest BCUT2D eigenvalue weighted by molar-refractivity contribution is 5.68. The molecule has 1 aromatic heterocycles. The van der Waals surface area contributed by atoms with Crippen LogP contribution in [0.4, 0.5) is 10.1 Å². The smallest absolute Gasteiger partial charge is 0.258 e. The second-order valence-corrected chi connectivity index (χ2v) is 6.82. The third-order valence-corrected chi connectivity index (χ3v) is 4.97. The van der Waals surface area contributed by atoms with Crippen LogP contribution in [0.5, 0.6) is 5.75 Å². The maximum atomic E-state index is 13.6. The molecule has 140 valence electrons. The van der Waals surface area contributed by atoms with Crippen molar-refractivity contribution in [1.82, 2.24) is 10.1 Å². The van der Waals surface area contributed by atoms with Crippen molar-refractivity contribution in [2.45, 2.75) is 26.2 Å². The van der Waals surface area contributed by atoms with Crippen molar-refractivity contribution in [3.8, 4) is 28.6 Å².